The predicted molar refractivity (Wildman–Crippen MR) is 251 cm³/mol. The molecule has 15 nitrogen and oxygen atoms in total. The molecule has 4 aromatic rings. The zero-order valence-corrected chi connectivity index (χ0v) is 38.9. The van der Waals surface area contributed by atoms with Crippen LogP contribution in [0.1, 0.15) is 82.0 Å². The predicted octanol–water partition coefficient (Wildman–Crippen LogP) is 8.09. The van der Waals surface area contributed by atoms with Crippen molar-refractivity contribution in [2.45, 2.75) is 81.4 Å². The number of aromatic amines is 1. The van der Waals surface area contributed by atoms with Gasteiger partial charge in [-0.3, -0.25) is 19.8 Å². The number of nitrogens with one attached hydrogen (secondary N) is 3. The molecule has 2 aromatic carbocycles. The van der Waals surface area contributed by atoms with Gasteiger partial charge in [0.1, 0.15) is 22.8 Å². The van der Waals surface area contributed by atoms with E-state index in [-0.39, 0.29) is 27.3 Å². The number of piperazine rings is 1. The number of halogens is 1. The molecule has 2 aromatic heterocycles. The number of carbonyl (C=O) groups excluding carboxylic acids is 1. The van der Waals surface area contributed by atoms with E-state index in [4.69, 9.17) is 21.1 Å². The number of allylic oxidation sites excluding steroid dienone is 1. The lowest BCUT2D eigenvalue weighted by Crippen LogP contribution is -2.65. The number of hydrogen-bond acceptors (Lipinski definition) is 12. The third kappa shape index (κ3) is 8.96. The van der Waals surface area contributed by atoms with Gasteiger partial charge < -0.3 is 29.6 Å². The van der Waals surface area contributed by atoms with Gasteiger partial charge in [-0.15, -0.1) is 11.6 Å². The Hall–Kier alpha value is -4.74. The molecule has 346 valence electrons. The second-order valence-electron chi connectivity index (χ2n) is 20.5. The second kappa shape index (κ2) is 16.8. The Morgan fingerprint density at radius 1 is 0.985 bits per heavy atom. The fourth-order valence-corrected chi connectivity index (χ4v) is 13.2. The molecule has 4 aliphatic carbocycles. The summed E-state index contributed by atoms with van der Waals surface area (Å²) in [5, 5.41) is 16.2. The van der Waals surface area contributed by atoms with E-state index in [1.165, 1.54) is 18.6 Å². The van der Waals surface area contributed by atoms with Crippen molar-refractivity contribution in [1.29, 1.82) is 0 Å². The number of nitro groups is 1. The van der Waals surface area contributed by atoms with Gasteiger partial charge in [-0.1, -0.05) is 25.0 Å². The topological polar surface area (TPSA) is 175 Å². The van der Waals surface area contributed by atoms with Crippen LogP contribution in [-0.4, -0.2) is 116 Å². The van der Waals surface area contributed by atoms with Crippen LogP contribution in [0.2, 0.25) is 0 Å². The summed E-state index contributed by atoms with van der Waals surface area (Å²) >= 11 is 6.75. The summed E-state index contributed by atoms with van der Waals surface area (Å²) < 4.78 is 41.7. The summed E-state index contributed by atoms with van der Waals surface area (Å²) in [5.74, 6) is -0.422. The highest BCUT2D eigenvalue weighted by Crippen LogP contribution is 2.75. The summed E-state index contributed by atoms with van der Waals surface area (Å²) in [6.45, 7) is 13.7. The average Bonchev–Trinajstić information content (AvgIpc) is 3.93. The quantitative estimate of drug-likeness (QED) is 0.0481. The van der Waals surface area contributed by atoms with Gasteiger partial charge in [0.15, 0.2) is 0 Å². The molecule has 0 atom stereocenters. The maximum atomic E-state index is 14.0. The number of hydrogen-bond donors (Lipinski definition) is 3. The molecule has 2 bridgehead atoms. The number of rotatable bonds is 14. The highest BCUT2D eigenvalue weighted by molar-refractivity contribution is 7.90. The van der Waals surface area contributed by atoms with Crippen molar-refractivity contribution in [2.75, 3.05) is 82.3 Å². The maximum Gasteiger partial charge on any atom is 0.293 e. The van der Waals surface area contributed by atoms with Crippen molar-refractivity contribution in [3.63, 3.8) is 0 Å². The molecule has 6 fully saturated rings. The number of nitro benzene ring substituents is 1. The Morgan fingerprint density at radius 2 is 1.77 bits per heavy atom. The molecule has 5 heterocycles. The minimum Gasteiger partial charge on any atom is -0.455 e. The van der Waals surface area contributed by atoms with Gasteiger partial charge in [0.05, 0.1) is 28.2 Å². The third-order valence-corrected chi connectivity index (χ3v) is 17.0. The van der Waals surface area contributed by atoms with Crippen LogP contribution in [0.25, 0.3) is 11.0 Å². The number of alkyl halides is 1. The first-order valence-electron chi connectivity index (χ1n) is 23.1. The van der Waals surface area contributed by atoms with Crippen molar-refractivity contribution in [1.82, 2.24) is 24.5 Å². The van der Waals surface area contributed by atoms with E-state index in [9.17, 15) is 23.3 Å². The Kier molecular flexibility index (Phi) is 11.4. The minimum atomic E-state index is -4.56. The SMILES string of the molecule is CC1(C)CCC(CN2CCN(c3ccc(C(=O)NS(=O)(=O)c4ccc(NCCN5CCC6(CCOC6)CC5)c([N+](=O)[O-])c4)c(Oc4cnc5[nH]ccc5c4)c3)CC2)=C(C23CC(Cl)(C2)C3)C1. The molecule has 65 heavy (non-hydrogen) atoms. The first-order valence-corrected chi connectivity index (χ1v) is 25.0. The van der Waals surface area contributed by atoms with Gasteiger partial charge in [0.25, 0.3) is 21.6 Å². The molecule has 7 aliphatic rings. The lowest BCUT2D eigenvalue weighted by Gasteiger charge is -2.70. The van der Waals surface area contributed by atoms with Crippen LogP contribution in [0, 0.1) is 26.4 Å². The molecule has 0 unspecified atom stereocenters. The number of piperidine rings is 1. The highest BCUT2D eigenvalue weighted by atomic mass is 35.5. The van der Waals surface area contributed by atoms with Gasteiger partial charge in [-0.2, -0.15) is 0 Å². The molecule has 3 saturated carbocycles. The fourth-order valence-electron chi connectivity index (χ4n) is 11.4. The first-order chi connectivity index (χ1) is 31.1. The average molecular weight is 928 g/mol. The van der Waals surface area contributed by atoms with Crippen LogP contribution in [0.15, 0.2) is 77.0 Å². The summed E-state index contributed by atoms with van der Waals surface area (Å²) in [5.41, 5.74) is 5.50. The van der Waals surface area contributed by atoms with Crippen molar-refractivity contribution >= 4 is 55.6 Å². The molecular weight excluding hydrogens is 868 g/mol. The number of amides is 1. The molecule has 3 saturated heterocycles. The number of sulfonamides is 1. The number of H-pyrrole nitrogens is 1. The van der Waals surface area contributed by atoms with Crippen LogP contribution in [-0.2, 0) is 14.8 Å². The van der Waals surface area contributed by atoms with Gasteiger partial charge in [-0.05, 0) is 124 Å². The third-order valence-electron chi connectivity index (χ3n) is 15.3. The van der Waals surface area contributed by atoms with Crippen LogP contribution >= 0.6 is 11.6 Å². The Labute approximate surface area is 385 Å². The molecular formula is C48H59ClN8O7S. The smallest absolute Gasteiger partial charge is 0.293 e. The summed E-state index contributed by atoms with van der Waals surface area (Å²) in [4.78, 5) is 39.9. The van der Waals surface area contributed by atoms with Crippen molar-refractivity contribution in [3.05, 3.63) is 87.7 Å². The molecule has 1 spiro atoms. The van der Waals surface area contributed by atoms with E-state index in [1.807, 2.05) is 12.1 Å². The molecule has 1 amide bonds. The fraction of sp³-hybridized carbons (Fsp3) is 0.542. The van der Waals surface area contributed by atoms with Crippen molar-refractivity contribution in [3.8, 4) is 11.5 Å². The summed E-state index contributed by atoms with van der Waals surface area (Å²) in [6.07, 6.45) is 13.4. The van der Waals surface area contributed by atoms with E-state index in [0.29, 0.717) is 35.3 Å². The van der Waals surface area contributed by atoms with Crippen molar-refractivity contribution < 1.29 is 27.6 Å². The standard InChI is InChI=1S/C48H59ClN8O7S/c1-45(2)9-7-34(39(26-45)47-29-48(49,30-47)31-47)28-55-18-20-56(21-19-55)35-3-5-38(42(24-35)64-36-23-33-8-13-51-43(33)52-27-36)44(58)53-65(61,62)37-4-6-40(41(25-37)57(59)60)50-14-17-54-15-10-46(11-16-54)12-22-63-32-46/h3-6,8,13,23-25,27,50H,7,9-12,14-22,26,28-32H2,1-2H3,(H,51,52)(H,53,58). The molecule has 3 N–H and O–H groups in total. The maximum absolute atomic E-state index is 14.0. The monoisotopic (exact) mass is 926 g/mol. The van der Waals surface area contributed by atoms with Crippen LogP contribution in [0.3, 0.4) is 0 Å². The van der Waals surface area contributed by atoms with E-state index >= 15 is 0 Å². The number of anilines is 2. The number of likely N-dealkylation sites (tertiary alicyclic amines) is 1. The van der Waals surface area contributed by atoms with Crippen molar-refractivity contribution in [2.24, 2.45) is 16.2 Å². The largest absolute Gasteiger partial charge is 0.455 e. The van der Waals surface area contributed by atoms with E-state index < -0.39 is 31.4 Å². The normalized spacial score (nSPS) is 25.3. The van der Waals surface area contributed by atoms with E-state index in [2.05, 4.69) is 48.6 Å². The summed E-state index contributed by atoms with van der Waals surface area (Å²) in [7, 11) is -4.56. The molecule has 0 radical (unpaired) electrons. The highest BCUT2D eigenvalue weighted by Gasteiger charge is 2.69. The first kappa shape index (κ1) is 44.1. The zero-order chi connectivity index (χ0) is 45.2. The van der Waals surface area contributed by atoms with E-state index in [1.54, 1.807) is 41.7 Å². The van der Waals surface area contributed by atoms with Gasteiger partial charge in [-0.25, -0.2) is 18.1 Å². The molecule has 11 rings (SSSR count). The van der Waals surface area contributed by atoms with Gasteiger partial charge in [0, 0.05) is 86.7 Å². The molecule has 3 aliphatic heterocycles. The number of pyridine rings is 1. The van der Waals surface area contributed by atoms with Gasteiger partial charge >= 0.3 is 0 Å². The van der Waals surface area contributed by atoms with Crippen LogP contribution < -0.4 is 19.7 Å². The summed E-state index contributed by atoms with van der Waals surface area (Å²) in [6, 6.07) is 12.4. The lowest BCUT2D eigenvalue weighted by atomic mass is 9.39. The molecule has 17 heteroatoms. The van der Waals surface area contributed by atoms with Crippen LogP contribution in [0.4, 0.5) is 17.1 Å². The number of carbonyl (C=O) groups is 1. The number of nitrogens with zero attached hydrogens (tertiary/aromatic N) is 5. The number of fused-ring (bicyclic) bond motifs is 1. The Bertz CT molecular complexity index is 2620. The minimum absolute atomic E-state index is 0.0194. The second-order valence-corrected chi connectivity index (χ2v) is 22.9. The number of ether oxygens (including phenoxy) is 2. The lowest BCUT2D eigenvalue weighted by molar-refractivity contribution is -0.384. The van der Waals surface area contributed by atoms with Crippen LogP contribution in [0.5, 0.6) is 11.5 Å². The number of benzene rings is 2. The number of aromatic nitrogens is 2. The van der Waals surface area contributed by atoms with Gasteiger partial charge in [0.2, 0.25) is 0 Å². The zero-order valence-electron chi connectivity index (χ0n) is 37.3. The Morgan fingerprint density at radius 3 is 2.49 bits per heavy atom. The Balaban J connectivity index is 0.826. The van der Waals surface area contributed by atoms with E-state index in [0.717, 1.165) is 128 Å².